The van der Waals surface area contributed by atoms with Crippen molar-refractivity contribution < 1.29 is 29.3 Å². The molecule has 0 aromatic rings. The second-order valence-electron chi connectivity index (χ2n) is 13.0. The van der Waals surface area contributed by atoms with Crippen molar-refractivity contribution in [3.8, 4) is 0 Å². The van der Waals surface area contributed by atoms with E-state index in [4.69, 9.17) is 9.47 Å². The van der Waals surface area contributed by atoms with Gasteiger partial charge < -0.3 is 19.7 Å². The molecule has 7 heteroatoms. The summed E-state index contributed by atoms with van der Waals surface area (Å²) in [5.74, 6) is -1.04. The maximum Gasteiger partial charge on any atom is 0.308 e. The summed E-state index contributed by atoms with van der Waals surface area (Å²) < 4.78 is 12.2. The number of ether oxygens (including phenoxy) is 2. The van der Waals surface area contributed by atoms with E-state index < -0.39 is 34.9 Å². The lowest BCUT2D eigenvalue weighted by molar-refractivity contribution is -0.305. The van der Waals surface area contributed by atoms with E-state index in [0.717, 1.165) is 25.8 Å². The zero-order valence-corrected chi connectivity index (χ0v) is 20.0. The van der Waals surface area contributed by atoms with Crippen molar-refractivity contribution in [2.45, 2.75) is 89.4 Å². The zero-order chi connectivity index (χ0) is 23.5. The summed E-state index contributed by atoms with van der Waals surface area (Å²) in [6.45, 7) is 12.4. The second-order valence-corrected chi connectivity index (χ2v) is 13.0. The van der Waals surface area contributed by atoms with Gasteiger partial charge in [0.2, 0.25) is 0 Å². The number of fused-ring (bicyclic) bond motifs is 1. The minimum Gasteiger partial charge on any atom is -0.459 e. The zero-order valence-electron chi connectivity index (χ0n) is 20.0. The van der Waals surface area contributed by atoms with Gasteiger partial charge in [0.1, 0.15) is 23.5 Å². The van der Waals surface area contributed by atoms with Crippen LogP contribution in [0.15, 0.2) is 12.2 Å². The fourth-order valence-corrected chi connectivity index (χ4v) is 11.3. The SMILES string of the molecule is C=C1[C@H](OC(=O)C(C)C)[C@@]23C[C@@]4(O)[C@@H]5[C@]6(C)CCC[C@@]57[C@@H]2[C@@H](OC(C)=O)[C@]1(O)C[C@@H]3[C@H]7N4C6. The fourth-order valence-electron chi connectivity index (χ4n) is 11.3. The van der Waals surface area contributed by atoms with Gasteiger partial charge in [0.25, 0.3) is 0 Å². The van der Waals surface area contributed by atoms with Gasteiger partial charge in [-0.05, 0) is 36.2 Å². The first-order valence-electron chi connectivity index (χ1n) is 12.7. The van der Waals surface area contributed by atoms with E-state index in [1.54, 1.807) is 13.8 Å². The molecule has 0 aromatic carbocycles. The smallest absolute Gasteiger partial charge is 0.308 e. The van der Waals surface area contributed by atoms with Crippen molar-refractivity contribution in [1.82, 2.24) is 4.90 Å². The van der Waals surface area contributed by atoms with E-state index in [1.807, 2.05) is 0 Å². The lowest BCUT2D eigenvalue weighted by Gasteiger charge is -2.69. The van der Waals surface area contributed by atoms with Crippen molar-refractivity contribution in [3.63, 3.8) is 0 Å². The Labute approximate surface area is 194 Å². The normalized spacial score (nSPS) is 60.6. The molecule has 2 spiro atoms. The maximum atomic E-state index is 12.9. The highest BCUT2D eigenvalue weighted by molar-refractivity contribution is 5.72. The largest absolute Gasteiger partial charge is 0.459 e. The highest BCUT2D eigenvalue weighted by Gasteiger charge is 2.95. The van der Waals surface area contributed by atoms with Crippen LogP contribution in [0.2, 0.25) is 0 Å². The standard InChI is InChI=1S/C26H35NO6/c1-12(2)20(29)33-18-13(3)25(30)9-15-17-23-8-6-7-22(5)11-27(17)26(31,21(22)23)10-24(15,18)16(23)19(25)32-14(4)28/h12,15-19,21,30-31H,3,6-11H2,1-2,4-5H3/t15-,16+,17-,18+,19-,21-,22-,23+,24-,25+,26-/m1/s1. The molecule has 3 aliphatic heterocycles. The molecule has 0 amide bonds. The molecule has 2 N–H and O–H groups in total. The molecule has 7 nitrogen and oxygen atoms in total. The lowest BCUT2D eigenvalue weighted by Crippen LogP contribution is -2.77. The number of carbonyl (C=O) groups excluding carboxylic acids is 2. The summed E-state index contributed by atoms with van der Waals surface area (Å²) in [4.78, 5) is 27.5. The Kier molecular flexibility index (Phi) is 3.49. The van der Waals surface area contributed by atoms with Gasteiger partial charge in [0, 0.05) is 48.6 Å². The highest BCUT2D eigenvalue weighted by Crippen LogP contribution is 2.89. The van der Waals surface area contributed by atoms with Gasteiger partial charge in [-0.25, -0.2) is 0 Å². The summed E-state index contributed by atoms with van der Waals surface area (Å²) in [5.41, 5.74) is -2.74. The highest BCUT2D eigenvalue weighted by atomic mass is 16.6. The summed E-state index contributed by atoms with van der Waals surface area (Å²) in [6, 6.07) is 0.111. The van der Waals surface area contributed by atoms with Crippen LogP contribution in [-0.4, -0.2) is 63.2 Å². The van der Waals surface area contributed by atoms with Crippen LogP contribution < -0.4 is 0 Å². The molecule has 0 radical (unpaired) electrons. The number of rotatable bonds is 3. The molecule has 9 rings (SSSR count). The third-order valence-corrected chi connectivity index (χ3v) is 11.4. The average molecular weight is 458 g/mol. The summed E-state index contributed by atoms with van der Waals surface area (Å²) in [5, 5.41) is 24.5. The summed E-state index contributed by atoms with van der Waals surface area (Å²) >= 11 is 0. The summed E-state index contributed by atoms with van der Waals surface area (Å²) in [7, 11) is 0. The Bertz CT molecular complexity index is 1030. The third-order valence-electron chi connectivity index (χ3n) is 11.4. The van der Waals surface area contributed by atoms with Gasteiger partial charge in [-0.3, -0.25) is 14.5 Å². The molecule has 12 atom stereocenters. The minimum atomic E-state index is -1.42. The predicted octanol–water partition coefficient (Wildman–Crippen LogP) is 2.01. The first-order chi connectivity index (χ1) is 15.4. The maximum absolute atomic E-state index is 12.9. The molecule has 3 heterocycles. The topological polar surface area (TPSA) is 96.3 Å². The first-order valence-corrected chi connectivity index (χ1v) is 12.7. The molecule has 9 bridgehead atoms. The van der Waals surface area contributed by atoms with E-state index in [2.05, 4.69) is 18.4 Å². The molecular weight excluding hydrogens is 422 g/mol. The van der Waals surface area contributed by atoms with Crippen LogP contribution in [0.25, 0.3) is 0 Å². The summed E-state index contributed by atoms with van der Waals surface area (Å²) in [6.07, 6.45) is 2.63. The van der Waals surface area contributed by atoms with Crippen molar-refractivity contribution >= 4 is 11.9 Å². The molecule has 1 unspecified atom stereocenters. The number of aliphatic hydroxyl groups is 2. The predicted molar refractivity (Wildman–Crippen MR) is 116 cm³/mol. The van der Waals surface area contributed by atoms with Crippen molar-refractivity contribution in [2.24, 2.45) is 39.9 Å². The Hall–Kier alpha value is -1.44. The van der Waals surface area contributed by atoms with Gasteiger partial charge in [0.15, 0.2) is 0 Å². The van der Waals surface area contributed by atoms with Crippen molar-refractivity contribution in [1.29, 1.82) is 0 Å². The van der Waals surface area contributed by atoms with Crippen LogP contribution in [0.3, 0.4) is 0 Å². The van der Waals surface area contributed by atoms with Gasteiger partial charge in [0.05, 0.1) is 5.92 Å². The lowest BCUT2D eigenvalue weighted by atomic mass is 9.38. The Balaban J connectivity index is 1.48. The van der Waals surface area contributed by atoms with Crippen LogP contribution in [0.4, 0.5) is 0 Å². The van der Waals surface area contributed by atoms with E-state index in [-0.39, 0.29) is 46.5 Å². The van der Waals surface area contributed by atoms with Crippen LogP contribution >= 0.6 is 0 Å². The van der Waals surface area contributed by atoms with Gasteiger partial charge in [-0.1, -0.05) is 33.8 Å². The number of hydrogen-bond donors (Lipinski definition) is 2. The quantitative estimate of drug-likeness (QED) is 0.494. The second kappa shape index (κ2) is 5.52. The minimum absolute atomic E-state index is 0.00629. The molecular formula is C26H35NO6. The number of piperidine rings is 2. The Morgan fingerprint density at radius 3 is 2.58 bits per heavy atom. The molecule has 6 saturated carbocycles. The van der Waals surface area contributed by atoms with Gasteiger partial charge >= 0.3 is 11.9 Å². The monoisotopic (exact) mass is 457 g/mol. The molecule has 3 saturated heterocycles. The van der Waals surface area contributed by atoms with Gasteiger partial charge in [-0.15, -0.1) is 0 Å². The molecule has 6 aliphatic carbocycles. The molecule has 9 fully saturated rings. The molecule has 9 aliphatic rings. The van der Waals surface area contributed by atoms with Crippen LogP contribution in [0, 0.1) is 39.9 Å². The van der Waals surface area contributed by atoms with E-state index in [0.29, 0.717) is 18.4 Å². The number of hydrogen-bond acceptors (Lipinski definition) is 7. The van der Waals surface area contributed by atoms with Crippen LogP contribution in [0.5, 0.6) is 0 Å². The van der Waals surface area contributed by atoms with E-state index in [9.17, 15) is 19.8 Å². The number of esters is 2. The van der Waals surface area contributed by atoms with Crippen molar-refractivity contribution in [3.05, 3.63) is 12.2 Å². The Morgan fingerprint density at radius 1 is 1.18 bits per heavy atom. The molecule has 33 heavy (non-hydrogen) atoms. The van der Waals surface area contributed by atoms with Crippen molar-refractivity contribution in [2.75, 3.05) is 6.54 Å². The van der Waals surface area contributed by atoms with Crippen LogP contribution in [-0.2, 0) is 19.1 Å². The molecule has 0 aromatic heterocycles. The Morgan fingerprint density at radius 2 is 1.91 bits per heavy atom. The number of carbonyl (C=O) groups is 2. The van der Waals surface area contributed by atoms with Gasteiger partial charge in [-0.2, -0.15) is 0 Å². The van der Waals surface area contributed by atoms with E-state index in [1.165, 1.54) is 6.92 Å². The number of nitrogens with zero attached hydrogens (tertiary/aromatic N) is 1. The average Bonchev–Trinajstić information content (AvgIpc) is 3.08. The third kappa shape index (κ3) is 1.83. The first kappa shape index (κ1) is 20.9. The van der Waals surface area contributed by atoms with E-state index >= 15 is 0 Å². The molecule has 180 valence electrons. The fraction of sp³-hybridized carbons (Fsp3) is 0.846. The van der Waals surface area contributed by atoms with Crippen LogP contribution in [0.1, 0.15) is 59.8 Å².